The van der Waals surface area contributed by atoms with Gasteiger partial charge < -0.3 is 5.11 Å². The molecule has 1 aliphatic carbocycles. The SMILES string of the molecule is CC(CN(C)S(=O)(=O)CC1CC1)C(=O)O. The molecule has 1 rings (SSSR count). The fourth-order valence-corrected chi connectivity index (χ4v) is 2.92. The molecule has 1 fully saturated rings. The van der Waals surface area contributed by atoms with E-state index in [1.807, 2.05) is 0 Å². The van der Waals surface area contributed by atoms with Crippen LogP contribution in [0.4, 0.5) is 0 Å². The fraction of sp³-hybridized carbons (Fsp3) is 0.889. The lowest BCUT2D eigenvalue weighted by Gasteiger charge is -2.18. The average molecular weight is 235 g/mol. The molecule has 0 aliphatic heterocycles. The quantitative estimate of drug-likeness (QED) is 0.722. The van der Waals surface area contributed by atoms with Crippen molar-refractivity contribution < 1.29 is 18.3 Å². The third-order valence-corrected chi connectivity index (χ3v) is 4.56. The maximum atomic E-state index is 11.7. The van der Waals surface area contributed by atoms with Crippen LogP contribution < -0.4 is 0 Å². The van der Waals surface area contributed by atoms with Crippen molar-refractivity contribution >= 4 is 16.0 Å². The molecule has 0 aromatic rings. The van der Waals surface area contributed by atoms with Crippen LogP contribution in [0.5, 0.6) is 0 Å². The van der Waals surface area contributed by atoms with Crippen molar-refractivity contribution in [2.24, 2.45) is 11.8 Å². The van der Waals surface area contributed by atoms with Crippen LogP contribution in [0.25, 0.3) is 0 Å². The first-order valence-corrected chi connectivity index (χ1v) is 6.60. The highest BCUT2D eigenvalue weighted by Crippen LogP contribution is 2.31. The molecule has 5 nitrogen and oxygen atoms in total. The molecule has 1 unspecified atom stereocenters. The lowest BCUT2D eigenvalue weighted by Crippen LogP contribution is -2.35. The van der Waals surface area contributed by atoms with Gasteiger partial charge in [0.25, 0.3) is 0 Å². The molecule has 0 aromatic heterocycles. The van der Waals surface area contributed by atoms with Crippen molar-refractivity contribution in [1.82, 2.24) is 4.31 Å². The van der Waals surface area contributed by atoms with Crippen LogP contribution in [0.15, 0.2) is 0 Å². The first kappa shape index (κ1) is 12.4. The van der Waals surface area contributed by atoms with Crippen molar-refractivity contribution in [3.05, 3.63) is 0 Å². The number of sulfonamides is 1. The van der Waals surface area contributed by atoms with E-state index in [4.69, 9.17) is 5.11 Å². The number of hydrogen-bond donors (Lipinski definition) is 1. The molecule has 88 valence electrons. The minimum atomic E-state index is -3.26. The van der Waals surface area contributed by atoms with Crippen molar-refractivity contribution in [2.75, 3.05) is 19.3 Å². The van der Waals surface area contributed by atoms with E-state index in [2.05, 4.69) is 0 Å². The lowest BCUT2D eigenvalue weighted by molar-refractivity contribution is -0.141. The minimum Gasteiger partial charge on any atom is -0.481 e. The third-order valence-electron chi connectivity index (χ3n) is 2.57. The Morgan fingerprint density at radius 3 is 2.47 bits per heavy atom. The zero-order chi connectivity index (χ0) is 11.6. The van der Waals surface area contributed by atoms with Gasteiger partial charge in [-0.3, -0.25) is 4.79 Å². The third kappa shape index (κ3) is 3.79. The van der Waals surface area contributed by atoms with Crippen LogP contribution in [-0.4, -0.2) is 43.1 Å². The summed E-state index contributed by atoms with van der Waals surface area (Å²) in [4.78, 5) is 10.6. The molecule has 0 aromatic carbocycles. The first-order valence-electron chi connectivity index (χ1n) is 4.99. The topological polar surface area (TPSA) is 74.7 Å². The summed E-state index contributed by atoms with van der Waals surface area (Å²) in [6, 6.07) is 0. The van der Waals surface area contributed by atoms with Crippen LogP contribution in [0.1, 0.15) is 19.8 Å². The monoisotopic (exact) mass is 235 g/mol. The van der Waals surface area contributed by atoms with Crippen molar-refractivity contribution in [1.29, 1.82) is 0 Å². The van der Waals surface area contributed by atoms with E-state index < -0.39 is 21.9 Å². The zero-order valence-electron chi connectivity index (χ0n) is 9.01. The van der Waals surface area contributed by atoms with Gasteiger partial charge in [-0.1, -0.05) is 6.92 Å². The van der Waals surface area contributed by atoms with E-state index in [0.29, 0.717) is 0 Å². The molecule has 15 heavy (non-hydrogen) atoms. The number of aliphatic carboxylic acids is 1. The summed E-state index contributed by atoms with van der Waals surface area (Å²) in [5.74, 6) is -1.18. The van der Waals surface area contributed by atoms with Gasteiger partial charge in [0.15, 0.2) is 0 Å². The Bertz CT molecular complexity index is 334. The molecule has 1 atom stereocenters. The Morgan fingerprint density at radius 1 is 1.53 bits per heavy atom. The summed E-state index contributed by atoms with van der Waals surface area (Å²) in [6.45, 7) is 1.55. The number of nitrogens with zero attached hydrogens (tertiary/aromatic N) is 1. The second kappa shape index (κ2) is 4.49. The number of hydrogen-bond acceptors (Lipinski definition) is 3. The van der Waals surface area contributed by atoms with E-state index >= 15 is 0 Å². The maximum Gasteiger partial charge on any atom is 0.307 e. The van der Waals surface area contributed by atoms with Crippen LogP contribution in [0.3, 0.4) is 0 Å². The summed E-state index contributed by atoms with van der Waals surface area (Å²) in [7, 11) is -1.81. The molecule has 0 saturated heterocycles. The largest absolute Gasteiger partial charge is 0.481 e. The van der Waals surface area contributed by atoms with Crippen LogP contribution >= 0.6 is 0 Å². The molecule has 0 radical (unpaired) electrons. The van der Waals surface area contributed by atoms with Crippen molar-refractivity contribution in [3.8, 4) is 0 Å². The molecule has 1 aliphatic rings. The summed E-state index contributed by atoms with van der Waals surface area (Å²) in [5, 5.41) is 8.67. The van der Waals surface area contributed by atoms with E-state index in [0.717, 1.165) is 17.1 Å². The molecule has 1 N–H and O–H groups in total. The van der Waals surface area contributed by atoms with Gasteiger partial charge in [-0.25, -0.2) is 12.7 Å². The predicted molar refractivity (Wildman–Crippen MR) is 55.9 cm³/mol. The van der Waals surface area contributed by atoms with E-state index in [1.165, 1.54) is 14.0 Å². The van der Waals surface area contributed by atoms with Crippen LogP contribution in [-0.2, 0) is 14.8 Å². The second-order valence-corrected chi connectivity index (χ2v) is 6.36. The van der Waals surface area contributed by atoms with Gasteiger partial charge in [0, 0.05) is 13.6 Å². The average Bonchev–Trinajstić information content (AvgIpc) is 2.86. The van der Waals surface area contributed by atoms with Gasteiger partial charge in [-0.2, -0.15) is 0 Å². The normalized spacial score (nSPS) is 19.1. The van der Waals surface area contributed by atoms with Gasteiger partial charge in [0.1, 0.15) is 0 Å². The Morgan fingerprint density at radius 2 is 2.07 bits per heavy atom. The summed E-state index contributed by atoms with van der Waals surface area (Å²) >= 11 is 0. The highest BCUT2D eigenvalue weighted by molar-refractivity contribution is 7.89. The fourth-order valence-electron chi connectivity index (χ4n) is 1.29. The molecule has 0 amide bonds. The second-order valence-electron chi connectivity index (χ2n) is 4.24. The Balaban J connectivity index is 2.50. The molecule has 0 heterocycles. The Hall–Kier alpha value is -0.620. The van der Waals surface area contributed by atoms with Gasteiger partial charge in [-0.05, 0) is 18.8 Å². The minimum absolute atomic E-state index is 0.0460. The van der Waals surface area contributed by atoms with Gasteiger partial charge in [0.2, 0.25) is 10.0 Å². The van der Waals surface area contributed by atoms with Crippen LogP contribution in [0, 0.1) is 11.8 Å². The van der Waals surface area contributed by atoms with E-state index in [-0.39, 0.29) is 18.2 Å². The van der Waals surface area contributed by atoms with Crippen molar-refractivity contribution in [3.63, 3.8) is 0 Å². The molecular formula is C9H17NO4S. The standard InChI is InChI=1S/C9H17NO4S/c1-7(9(11)12)5-10(2)15(13,14)6-8-3-4-8/h7-8H,3-6H2,1-2H3,(H,11,12). The highest BCUT2D eigenvalue weighted by Gasteiger charge is 2.31. The predicted octanol–water partition coefficient (Wildman–Crippen LogP) is 0.379. The molecule has 6 heteroatoms. The molecule has 0 spiro atoms. The van der Waals surface area contributed by atoms with Gasteiger partial charge in [-0.15, -0.1) is 0 Å². The summed E-state index contributed by atoms with van der Waals surface area (Å²) in [5.41, 5.74) is 0. The summed E-state index contributed by atoms with van der Waals surface area (Å²) in [6.07, 6.45) is 1.95. The number of carboxylic acid groups (broad SMARTS) is 1. The first-order chi connectivity index (χ1) is 6.83. The zero-order valence-corrected chi connectivity index (χ0v) is 9.83. The number of carboxylic acids is 1. The summed E-state index contributed by atoms with van der Waals surface area (Å²) < 4.78 is 24.5. The molecule has 0 bridgehead atoms. The maximum absolute atomic E-state index is 11.7. The Kier molecular flexibility index (Phi) is 3.72. The van der Waals surface area contributed by atoms with Gasteiger partial charge in [0.05, 0.1) is 11.7 Å². The highest BCUT2D eigenvalue weighted by atomic mass is 32.2. The van der Waals surface area contributed by atoms with E-state index in [1.54, 1.807) is 0 Å². The van der Waals surface area contributed by atoms with Crippen LogP contribution in [0.2, 0.25) is 0 Å². The molecule has 1 saturated carbocycles. The Labute approximate surface area is 90.1 Å². The van der Waals surface area contributed by atoms with E-state index in [9.17, 15) is 13.2 Å². The number of carbonyl (C=O) groups is 1. The molecular weight excluding hydrogens is 218 g/mol. The number of rotatable bonds is 6. The van der Waals surface area contributed by atoms with Gasteiger partial charge >= 0.3 is 5.97 Å². The van der Waals surface area contributed by atoms with Crippen molar-refractivity contribution in [2.45, 2.75) is 19.8 Å². The lowest BCUT2D eigenvalue weighted by atomic mass is 10.2. The smallest absolute Gasteiger partial charge is 0.307 e.